The van der Waals surface area contributed by atoms with E-state index in [4.69, 9.17) is 4.74 Å². The van der Waals surface area contributed by atoms with Crippen molar-refractivity contribution in [3.05, 3.63) is 29.8 Å². The highest BCUT2D eigenvalue weighted by Gasteiger charge is 2.07. The largest absolute Gasteiger partial charge is 0.497 e. The number of hydrogen-bond donors (Lipinski definition) is 0. The molecule has 0 aliphatic heterocycles. The molecule has 0 bridgehead atoms. The zero-order chi connectivity index (χ0) is 18.9. The molecule has 1 rings (SSSR count). The predicted molar refractivity (Wildman–Crippen MR) is 115 cm³/mol. The highest BCUT2D eigenvalue weighted by atomic mass is 16.5. The lowest BCUT2D eigenvalue weighted by Crippen LogP contribution is -2.25. The highest BCUT2D eigenvalue weighted by Crippen LogP contribution is 2.16. The minimum absolute atomic E-state index is 0.974. The normalized spacial score (nSPS) is 11.2. The van der Waals surface area contributed by atoms with Crippen molar-refractivity contribution >= 4 is 0 Å². The molecule has 0 unspecified atom stereocenters. The summed E-state index contributed by atoms with van der Waals surface area (Å²) in [4.78, 5) is 2.66. The fraction of sp³-hybridized carbons (Fsp3) is 0.750. The van der Waals surface area contributed by atoms with E-state index < -0.39 is 0 Å². The number of methoxy groups -OCH3 is 1. The fourth-order valence-corrected chi connectivity index (χ4v) is 3.53. The van der Waals surface area contributed by atoms with Crippen LogP contribution in [0.3, 0.4) is 0 Å². The Hall–Kier alpha value is -1.02. The summed E-state index contributed by atoms with van der Waals surface area (Å²) in [6, 6.07) is 8.57. The Balaban J connectivity index is 2.38. The maximum atomic E-state index is 5.39. The molecular weight excluding hydrogens is 318 g/mol. The minimum atomic E-state index is 0.974. The standard InChI is InChI=1S/C24H43NO/c1-4-6-8-10-12-14-19-25(20-15-13-11-9-7-5-2)22-23-17-16-18-24(21-23)26-3/h16-18,21H,4-15,19-20,22H2,1-3H3. The van der Waals surface area contributed by atoms with Crippen molar-refractivity contribution in [1.82, 2.24) is 4.90 Å². The first-order valence-electron chi connectivity index (χ1n) is 11.2. The van der Waals surface area contributed by atoms with Gasteiger partial charge in [0.05, 0.1) is 7.11 Å². The summed E-state index contributed by atoms with van der Waals surface area (Å²) in [7, 11) is 1.75. The van der Waals surface area contributed by atoms with Crippen LogP contribution in [0, 0.1) is 0 Å². The molecule has 0 saturated heterocycles. The first-order valence-corrected chi connectivity index (χ1v) is 11.2. The van der Waals surface area contributed by atoms with Gasteiger partial charge in [-0.15, -0.1) is 0 Å². The van der Waals surface area contributed by atoms with Gasteiger partial charge in [0, 0.05) is 6.54 Å². The molecule has 0 spiro atoms. The summed E-state index contributed by atoms with van der Waals surface area (Å²) < 4.78 is 5.39. The van der Waals surface area contributed by atoms with Crippen LogP contribution in [-0.2, 0) is 6.54 Å². The zero-order valence-electron chi connectivity index (χ0n) is 17.8. The Labute approximate surface area is 163 Å². The second-order valence-electron chi connectivity index (χ2n) is 7.66. The molecule has 26 heavy (non-hydrogen) atoms. The third kappa shape index (κ3) is 11.6. The lowest BCUT2D eigenvalue weighted by molar-refractivity contribution is 0.252. The van der Waals surface area contributed by atoms with Gasteiger partial charge in [0.2, 0.25) is 0 Å². The molecule has 0 radical (unpaired) electrons. The van der Waals surface area contributed by atoms with Gasteiger partial charge in [-0.25, -0.2) is 0 Å². The van der Waals surface area contributed by atoms with Crippen molar-refractivity contribution < 1.29 is 4.74 Å². The molecule has 0 aromatic heterocycles. The van der Waals surface area contributed by atoms with Crippen LogP contribution in [0.5, 0.6) is 5.75 Å². The smallest absolute Gasteiger partial charge is 0.119 e. The van der Waals surface area contributed by atoms with Crippen molar-refractivity contribution in [1.29, 1.82) is 0 Å². The van der Waals surface area contributed by atoms with Gasteiger partial charge in [0.15, 0.2) is 0 Å². The molecule has 0 N–H and O–H groups in total. The van der Waals surface area contributed by atoms with Gasteiger partial charge in [-0.05, 0) is 43.6 Å². The lowest BCUT2D eigenvalue weighted by atomic mass is 10.1. The molecule has 0 fully saturated rings. The number of ether oxygens (including phenoxy) is 1. The van der Waals surface area contributed by atoms with Crippen LogP contribution in [0.2, 0.25) is 0 Å². The molecule has 0 heterocycles. The molecule has 0 atom stereocenters. The Morgan fingerprint density at radius 2 is 1.27 bits per heavy atom. The molecule has 1 aromatic rings. The molecular formula is C24H43NO. The summed E-state index contributed by atoms with van der Waals surface area (Å²) >= 11 is 0. The van der Waals surface area contributed by atoms with E-state index >= 15 is 0 Å². The number of benzene rings is 1. The van der Waals surface area contributed by atoms with E-state index in [1.54, 1.807) is 7.11 Å². The van der Waals surface area contributed by atoms with Gasteiger partial charge in [-0.2, -0.15) is 0 Å². The Bertz CT molecular complexity index is 416. The number of rotatable bonds is 17. The van der Waals surface area contributed by atoms with Crippen LogP contribution in [0.4, 0.5) is 0 Å². The molecule has 0 aliphatic carbocycles. The maximum absolute atomic E-state index is 5.39. The molecule has 150 valence electrons. The van der Waals surface area contributed by atoms with Crippen molar-refractivity contribution in [3.63, 3.8) is 0 Å². The topological polar surface area (TPSA) is 12.5 Å². The Morgan fingerprint density at radius 1 is 0.731 bits per heavy atom. The van der Waals surface area contributed by atoms with E-state index in [2.05, 4.69) is 36.9 Å². The van der Waals surface area contributed by atoms with Gasteiger partial charge in [-0.1, -0.05) is 90.2 Å². The van der Waals surface area contributed by atoms with E-state index in [9.17, 15) is 0 Å². The van der Waals surface area contributed by atoms with Crippen LogP contribution < -0.4 is 4.74 Å². The van der Waals surface area contributed by atoms with Gasteiger partial charge < -0.3 is 4.74 Å². The predicted octanol–water partition coefficient (Wildman–Crippen LogP) is 7.22. The van der Waals surface area contributed by atoms with Crippen LogP contribution in [-0.4, -0.2) is 25.1 Å². The summed E-state index contributed by atoms with van der Waals surface area (Å²) in [5.41, 5.74) is 1.38. The van der Waals surface area contributed by atoms with Gasteiger partial charge >= 0.3 is 0 Å². The van der Waals surface area contributed by atoms with E-state index in [1.165, 1.54) is 95.7 Å². The van der Waals surface area contributed by atoms with Crippen LogP contribution in [0.15, 0.2) is 24.3 Å². The molecule has 0 amide bonds. The van der Waals surface area contributed by atoms with Crippen molar-refractivity contribution in [2.45, 2.75) is 97.4 Å². The maximum Gasteiger partial charge on any atom is 0.119 e. The summed E-state index contributed by atoms with van der Waals surface area (Å²) in [6.45, 7) is 8.10. The van der Waals surface area contributed by atoms with Gasteiger partial charge in [-0.3, -0.25) is 4.90 Å². The number of hydrogen-bond acceptors (Lipinski definition) is 2. The fourth-order valence-electron chi connectivity index (χ4n) is 3.53. The van der Waals surface area contributed by atoms with Crippen LogP contribution in [0.1, 0.15) is 96.5 Å². The van der Waals surface area contributed by atoms with Crippen molar-refractivity contribution in [2.75, 3.05) is 20.2 Å². The summed E-state index contributed by atoms with van der Waals surface area (Å²) in [5, 5.41) is 0. The lowest BCUT2D eigenvalue weighted by Gasteiger charge is -2.23. The minimum Gasteiger partial charge on any atom is -0.497 e. The van der Waals surface area contributed by atoms with E-state index in [0.717, 1.165) is 12.3 Å². The Morgan fingerprint density at radius 3 is 1.81 bits per heavy atom. The van der Waals surface area contributed by atoms with E-state index in [-0.39, 0.29) is 0 Å². The Kier molecular flexibility index (Phi) is 14.3. The molecule has 2 nitrogen and oxygen atoms in total. The number of nitrogens with zero attached hydrogens (tertiary/aromatic N) is 1. The molecule has 2 heteroatoms. The van der Waals surface area contributed by atoms with Crippen LogP contribution >= 0.6 is 0 Å². The first kappa shape index (κ1) is 23.0. The van der Waals surface area contributed by atoms with Crippen LogP contribution in [0.25, 0.3) is 0 Å². The third-order valence-electron chi connectivity index (χ3n) is 5.20. The molecule has 1 aromatic carbocycles. The second kappa shape index (κ2) is 16.2. The SMILES string of the molecule is CCCCCCCCN(CCCCCCCC)Cc1cccc(OC)c1. The molecule has 0 saturated carbocycles. The summed E-state index contributed by atoms with van der Waals surface area (Å²) in [5.74, 6) is 0.974. The van der Waals surface area contributed by atoms with E-state index in [1.807, 2.05) is 6.07 Å². The summed E-state index contributed by atoms with van der Waals surface area (Å²) in [6.07, 6.45) is 16.5. The first-order chi connectivity index (χ1) is 12.8. The number of unbranched alkanes of at least 4 members (excludes halogenated alkanes) is 10. The third-order valence-corrected chi connectivity index (χ3v) is 5.20. The molecule has 0 aliphatic rings. The monoisotopic (exact) mass is 361 g/mol. The average Bonchev–Trinajstić information content (AvgIpc) is 2.67. The second-order valence-corrected chi connectivity index (χ2v) is 7.66. The average molecular weight is 362 g/mol. The zero-order valence-corrected chi connectivity index (χ0v) is 17.8. The van der Waals surface area contributed by atoms with Gasteiger partial charge in [0.1, 0.15) is 5.75 Å². The quantitative estimate of drug-likeness (QED) is 0.272. The van der Waals surface area contributed by atoms with Crippen molar-refractivity contribution in [3.8, 4) is 5.75 Å². The van der Waals surface area contributed by atoms with E-state index in [0.29, 0.717) is 0 Å². The highest BCUT2D eigenvalue weighted by molar-refractivity contribution is 5.28. The van der Waals surface area contributed by atoms with Gasteiger partial charge in [0.25, 0.3) is 0 Å². The van der Waals surface area contributed by atoms with Crippen molar-refractivity contribution in [2.24, 2.45) is 0 Å².